The fraction of sp³-hybridized carbons (Fsp3) is 0.263. The van der Waals surface area contributed by atoms with Crippen LogP contribution in [0.25, 0.3) is 0 Å². The van der Waals surface area contributed by atoms with Crippen LogP contribution in [0.4, 0.5) is 10.1 Å². The van der Waals surface area contributed by atoms with Crippen molar-refractivity contribution in [1.82, 2.24) is 9.80 Å². The van der Waals surface area contributed by atoms with Crippen LogP contribution in [0.3, 0.4) is 0 Å². The Balaban J connectivity index is 1.60. The van der Waals surface area contributed by atoms with Crippen molar-refractivity contribution in [2.24, 2.45) is 0 Å². The van der Waals surface area contributed by atoms with Crippen LogP contribution < -0.4 is 4.72 Å². The van der Waals surface area contributed by atoms with Gasteiger partial charge in [0.15, 0.2) is 0 Å². The van der Waals surface area contributed by atoms with E-state index in [1.165, 1.54) is 30.3 Å². The number of hydrogen-bond acceptors (Lipinski definition) is 4. The molecule has 0 unspecified atom stereocenters. The minimum Gasteiger partial charge on any atom is -0.335 e. The van der Waals surface area contributed by atoms with Crippen molar-refractivity contribution in [3.8, 4) is 0 Å². The number of sulfonamides is 1. The Morgan fingerprint density at radius 2 is 1.43 bits per heavy atom. The second-order valence-corrected chi connectivity index (χ2v) is 8.29. The van der Waals surface area contributed by atoms with Crippen molar-refractivity contribution in [1.29, 1.82) is 0 Å². The molecule has 1 saturated heterocycles. The lowest BCUT2D eigenvalue weighted by Crippen LogP contribution is -2.50. The summed E-state index contributed by atoms with van der Waals surface area (Å²) in [6.07, 6.45) is 1.05. The van der Waals surface area contributed by atoms with E-state index in [2.05, 4.69) is 4.72 Å². The van der Waals surface area contributed by atoms with Gasteiger partial charge in [0, 0.05) is 43.0 Å². The molecule has 1 aliphatic heterocycles. The highest BCUT2D eigenvalue weighted by atomic mass is 32.2. The van der Waals surface area contributed by atoms with E-state index < -0.39 is 15.8 Å². The summed E-state index contributed by atoms with van der Waals surface area (Å²) >= 11 is 0. The predicted molar refractivity (Wildman–Crippen MR) is 103 cm³/mol. The third-order valence-electron chi connectivity index (χ3n) is 4.36. The largest absolute Gasteiger partial charge is 0.335 e. The van der Waals surface area contributed by atoms with Gasteiger partial charge in [0.1, 0.15) is 5.82 Å². The number of nitrogens with one attached hydrogen (secondary N) is 1. The summed E-state index contributed by atoms with van der Waals surface area (Å²) in [6.45, 7) is 1.44. The van der Waals surface area contributed by atoms with E-state index in [4.69, 9.17) is 0 Å². The van der Waals surface area contributed by atoms with Gasteiger partial charge in [-0.25, -0.2) is 12.8 Å². The molecule has 0 aromatic heterocycles. The maximum Gasteiger partial charge on any atom is 0.254 e. The average molecular weight is 405 g/mol. The van der Waals surface area contributed by atoms with Crippen LogP contribution in [-0.2, 0) is 10.0 Å². The number of anilines is 1. The molecule has 0 radical (unpaired) electrons. The molecule has 2 aromatic carbocycles. The van der Waals surface area contributed by atoms with Crippen LogP contribution >= 0.6 is 0 Å². The lowest BCUT2D eigenvalue weighted by atomic mass is 10.1. The van der Waals surface area contributed by atoms with Crippen molar-refractivity contribution in [3.63, 3.8) is 0 Å². The molecule has 2 aromatic rings. The third-order valence-corrected chi connectivity index (χ3v) is 4.97. The number of nitrogens with zero attached hydrogens (tertiary/aromatic N) is 2. The van der Waals surface area contributed by atoms with E-state index in [0.29, 0.717) is 37.4 Å². The molecule has 0 saturated carbocycles. The maximum atomic E-state index is 13.3. The highest BCUT2D eigenvalue weighted by molar-refractivity contribution is 7.92. The molecular weight excluding hydrogens is 385 g/mol. The first-order valence-corrected chi connectivity index (χ1v) is 10.5. The van der Waals surface area contributed by atoms with Crippen molar-refractivity contribution in [2.45, 2.75) is 0 Å². The van der Waals surface area contributed by atoms with Gasteiger partial charge in [-0.1, -0.05) is 6.07 Å². The van der Waals surface area contributed by atoms with Crippen molar-refractivity contribution < 1.29 is 22.4 Å². The maximum absolute atomic E-state index is 13.3. The van der Waals surface area contributed by atoms with Gasteiger partial charge >= 0.3 is 0 Å². The SMILES string of the molecule is CS(=O)(=O)Nc1ccc(C(=O)N2CCN(C(=O)c3cccc(F)c3)CC2)cc1. The molecule has 9 heteroatoms. The van der Waals surface area contributed by atoms with E-state index in [1.807, 2.05) is 0 Å². The zero-order valence-electron chi connectivity index (χ0n) is 15.3. The molecule has 28 heavy (non-hydrogen) atoms. The lowest BCUT2D eigenvalue weighted by Gasteiger charge is -2.35. The summed E-state index contributed by atoms with van der Waals surface area (Å²) in [5.41, 5.74) is 1.10. The van der Waals surface area contributed by atoms with E-state index in [0.717, 1.165) is 6.26 Å². The lowest BCUT2D eigenvalue weighted by molar-refractivity contribution is 0.0535. The second kappa shape index (κ2) is 7.97. The Morgan fingerprint density at radius 1 is 0.893 bits per heavy atom. The molecule has 0 spiro atoms. The topological polar surface area (TPSA) is 86.8 Å². The first-order chi connectivity index (χ1) is 13.2. The van der Waals surface area contributed by atoms with Gasteiger partial charge in [-0.05, 0) is 42.5 Å². The van der Waals surface area contributed by atoms with E-state index in [1.54, 1.807) is 28.0 Å². The summed E-state index contributed by atoms with van der Waals surface area (Å²) in [6, 6.07) is 11.7. The van der Waals surface area contributed by atoms with Gasteiger partial charge in [0.05, 0.1) is 6.26 Å². The summed E-state index contributed by atoms with van der Waals surface area (Å²) in [5.74, 6) is -0.917. The highest BCUT2D eigenvalue weighted by Gasteiger charge is 2.25. The molecule has 2 amide bonds. The number of carbonyl (C=O) groups excluding carboxylic acids is 2. The Hall–Kier alpha value is -2.94. The fourth-order valence-electron chi connectivity index (χ4n) is 2.99. The summed E-state index contributed by atoms with van der Waals surface area (Å²) in [4.78, 5) is 28.3. The monoisotopic (exact) mass is 405 g/mol. The molecule has 7 nitrogen and oxygen atoms in total. The van der Waals surface area contributed by atoms with Gasteiger partial charge < -0.3 is 9.80 Å². The fourth-order valence-corrected chi connectivity index (χ4v) is 3.56. The smallest absolute Gasteiger partial charge is 0.254 e. The van der Waals surface area contributed by atoms with Gasteiger partial charge in [0.2, 0.25) is 10.0 Å². The minimum atomic E-state index is -3.38. The van der Waals surface area contributed by atoms with Gasteiger partial charge in [0.25, 0.3) is 11.8 Å². The molecule has 1 N–H and O–H groups in total. The van der Waals surface area contributed by atoms with Crippen LogP contribution in [0.5, 0.6) is 0 Å². The number of amides is 2. The molecule has 1 aliphatic rings. The standard InChI is InChI=1S/C19H20FN3O4S/c1-28(26,27)21-17-7-5-14(6-8-17)18(24)22-9-11-23(12-10-22)19(25)15-3-2-4-16(20)13-15/h2-8,13,21H,9-12H2,1H3. The molecule has 1 heterocycles. The quantitative estimate of drug-likeness (QED) is 0.840. The number of benzene rings is 2. The highest BCUT2D eigenvalue weighted by Crippen LogP contribution is 2.15. The average Bonchev–Trinajstić information content (AvgIpc) is 2.66. The molecule has 1 fully saturated rings. The normalized spacial score (nSPS) is 14.6. The molecule has 0 bridgehead atoms. The Kier molecular flexibility index (Phi) is 5.64. The molecule has 0 atom stereocenters. The van der Waals surface area contributed by atoms with Crippen LogP contribution in [0.2, 0.25) is 0 Å². The number of rotatable bonds is 4. The zero-order valence-corrected chi connectivity index (χ0v) is 16.1. The summed E-state index contributed by atoms with van der Waals surface area (Å²) in [5, 5.41) is 0. The van der Waals surface area contributed by atoms with Gasteiger partial charge in [-0.15, -0.1) is 0 Å². The zero-order chi connectivity index (χ0) is 20.3. The Bertz CT molecular complexity index is 984. The van der Waals surface area contributed by atoms with Crippen molar-refractivity contribution >= 4 is 27.5 Å². The van der Waals surface area contributed by atoms with Crippen LogP contribution in [0.15, 0.2) is 48.5 Å². The van der Waals surface area contributed by atoms with Crippen molar-refractivity contribution in [2.75, 3.05) is 37.2 Å². The summed E-state index contributed by atoms with van der Waals surface area (Å²) in [7, 11) is -3.38. The predicted octanol–water partition coefficient (Wildman–Crippen LogP) is 1.80. The first-order valence-electron chi connectivity index (χ1n) is 8.65. The molecular formula is C19H20FN3O4S. The minimum absolute atomic E-state index is 0.191. The van der Waals surface area contributed by atoms with Crippen LogP contribution in [0, 0.1) is 5.82 Å². The molecule has 3 rings (SSSR count). The number of halogens is 1. The number of carbonyl (C=O) groups is 2. The second-order valence-electron chi connectivity index (χ2n) is 6.55. The first kappa shape index (κ1) is 19.8. The number of piperazine rings is 1. The Labute approximate surface area is 162 Å². The van der Waals surface area contributed by atoms with E-state index in [9.17, 15) is 22.4 Å². The van der Waals surface area contributed by atoms with E-state index in [-0.39, 0.29) is 17.4 Å². The third kappa shape index (κ3) is 4.86. The summed E-state index contributed by atoms with van der Waals surface area (Å²) < 4.78 is 38.1. The van der Waals surface area contributed by atoms with Crippen molar-refractivity contribution in [3.05, 3.63) is 65.5 Å². The van der Waals surface area contributed by atoms with Gasteiger partial charge in [-0.3, -0.25) is 14.3 Å². The number of hydrogen-bond donors (Lipinski definition) is 1. The van der Waals surface area contributed by atoms with Crippen LogP contribution in [-0.4, -0.2) is 62.5 Å². The molecule has 148 valence electrons. The van der Waals surface area contributed by atoms with Crippen LogP contribution in [0.1, 0.15) is 20.7 Å². The Morgan fingerprint density at radius 3 is 1.93 bits per heavy atom. The van der Waals surface area contributed by atoms with E-state index >= 15 is 0 Å². The molecule has 0 aliphatic carbocycles. The van der Waals surface area contributed by atoms with Gasteiger partial charge in [-0.2, -0.15) is 0 Å².